The van der Waals surface area contributed by atoms with Crippen LogP contribution in [0.25, 0.3) is 0 Å². The molecule has 10 nitrogen and oxygen atoms in total. The minimum atomic E-state index is -0.699. The first-order chi connectivity index (χ1) is 20.4. The summed E-state index contributed by atoms with van der Waals surface area (Å²) in [7, 11) is 6.91. The lowest BCUT2D eigenvalue weighted by atomic mass is 10.2. The third-order valence-electron chi connectivity index (χ3n) is 4.84. The van der Waals surface area contributed by atoms with Gasteiger partial charge in [-0.15, -0.1) is 0 Å². The van der Waals surface area contributed by atoms with Gasteiger partial charge in [-0.2, -0.15) is 9.97 Å². The molecule has 0 fully saturated rings. The molecule has 0 saturated heterocycles. The van der Waals surface area contributed by atoms with E-state index in [9.17, 15) is 27.2 Å². The van der Waals surface area contributed by atoms with E-state index in [0.717, 1.165) is 27.9 Å². The molecule has 0 unspecified atom stereocenters. The summed E-state index contributed by atoms with van der Waals surface area (Å²) < 4.78 is 52.8. The molecule has 0 aliphatic heterocycles. The van der Waals surface area contributed by atoms with Gasteiger partial charge in [0.2, 0.25) is 0 Å². The molecule has 15 heteroatoms. The Bertz CT molecular complexity index is 1620. The van der Waals surface area contributed by atoms with Gasteiger partial charge in [0.1, 0.15) is 11.6 Å². The molecule has 44 heavy (non-hydrogen) atoms. The highest BCUT2D eigenvalue weighted by Crippen LogP contribution is 2.12. The fourth-order valence-electron chi connectivity index (χ4n) is 2.83. The van der Waals surface area contributed by atoms with Crippen LogP contribution in [-0.4, -0.2) is 70.2 Å². The molecule has 2 aromatic carbocycles. The predicted molar refractivity (Wildman–Crippen MR) is 168 cm³/mol. The molecular weight excluding hydrogens is 648 g/mol. The van der Waals surface area contributed by atoms with Crippen molar-refractivity contribution in [2.24, 2.45) is 9.98 Å². The topological polar surface area (TPSA) is 112 Å². The van der Waals surface area contributed by atoms with Crippen LogP contribution in [-0.2, 0) is 11.9 Å². The number of rotatable bonds is 7. The van der Waals surface area contributed by atoms with Gasteiger partial charge < -0.3 is 9.80 Å². The van der Waals surface area contributed by atoms with E-state index in [1.54, 1.807) is 50.1 Å². The van der Waals surface area contributed by atoms with Crippen LogP contribution in [0.2, 0.25) is 0 Å². The van der Waals surface area contributed by atoms with Crippen molar-refractivity contribution in [3.8, 4) is 0 Å². The van der Waals surface area contributed by atoms with Crippen LogP contribution >= 0.6 is 15.9 Å². The third kappa shape index (κ3) is 13.5. The summed E-state index contributed by atoms with van der Waals surface area (Å²) >= 11 is 3.26. The summed E-state index contributed by atoms with van der Waals surface area (Å²) in [6.45, 7) is 0.112. The van der Waals surface area contributed by atoms with E-state index in [1.165, 1.54) is 49.1 Å². The van der Waals surface area contributed by atoms with Gasteiger partial charge >= 0.3 is 11.4 Å². The van der Waals surface area contributed by atoms with Crippen LogP contribution in [0.5, 0.6) is 0 Å². The molecule has 0 bridgehead atoms. The number of H-pyrrole nitrogens is 1. The first-order valence-corrected chi connectivity index (χ1v) is 13.5. The Kier molecular flexibility index (Phi) is 16.0. The maximum absolute atomic E-state index is 13.8. The average molecular weight is 682 g/mol. The Morgan fingerprint density at radius 2 is 1.36 bits per heavy atom. The lowest BCUT2D eigenvalue weighted by Gasteiger charge is -2.07. The van der Waals surface area contributed by atoms with Crippen molar-refractivity contribution in [2.75, 3.05) is 28.2 Å². The number of aromatic nitrogens is 4. The van der Waals surface area contributed by atoms with Gasteiger partial charge in [-0.05, 0) is 35.4 Å². The third-order valence-corrected chi connectivity index (χ3v) is 5.49. The maximum atomic E-state index is 13.8. The molecule has 0 radical (unpaired) electrons. The van der Waals surface area contributed by atoms with Gasteiger partial charge in [-0.1, -0.05) is 47.6 Å². The van der Waals surface area contributed by atoms with Crippen molar-refractivity contribution >= 4 is 40.2 Å². The molecule has 0 amide bonds. The second-order valence-corrected chi connectivity index (χ2v) is 9.57. The Morgan fingerprint density at radius 3 is 1.89 bits per heavy atom. The Morgan fingerprint density at radius 1 is 0.841 bits per heavy atom. The molecule has 0 atom stereocenters. The van der Waals surface area contributed by atoms with Gasteiger partial charge in [-0.3, -0.25) is 9.55 Å². The molecule has 236 valence electrons. The van der Waals surface area contributed by atoms with Crippen molar-refractivity contribution in [1.82, 2.24) is 29.3 Å². The molecule has 4 aromatic rings. The predicted octanol–water partition coefficient (Wildman–Crippen LogP) is 5.28. The number of halogens is 5. The average Bonchev–Trinajstić information content (AvgIpc) is 2.96. The fourth-order valence-corrected chi connectivity index (χ4v) is 3.20. The largest absolute Gasteiger partial charge is 0.369 e. The first kappa shape index (κ1) is 37.4. The monoisotopic (exact) mass is 680 g/mol. The Hall–Kier alpha value is -4.66. The standard InChI is InChI=1S/C14H14F2N4O.C7H6BrF.C7H9FN4O.CH4/c1-19(2)9-17-13-12(16)8-20(14(21)18-13)7-10-3-5-11(15)6-4-10;8-5-6-1-3-7(9)4-2-6;1-12(2)4-10-6-5(8)3-9-7(13)11-6;/h3-6,8-9H,7H2,1-2H3;1-4H,5H2;3-4H,1-2H3,(H,9,11,13);1H4. The first-order valence-electron chi connectivity index (χ1n) is 12.4. The molecule has 0 saturated carbocycles. The lowest BCUT2D eigenvalue weighted by molar-refractivity contribution is 0.580. The molecule has 4 rings (SSSR count). The maximum Gasteiger partial charge on any atom is 0.350 e. The van der Waals surface area contributed by atoms with Crippen molar-refractivity contribution in [1.29, 1.82) is 0 Å². The molecule has 0 aliphatic rings. The smallest absolute Gasteiger partial charge is 0.350 e. The summed E-state index contributed by atoms with van der Waals surface area (Å²) in [6, 6.07) is 12.0. The fraction of sp³-hybridized carbons (Fsp3) is 0.241. The van der Waals surface area contributed by atoms with Gasteiger partial charge in [0.05, 0.1) is 25.4 Å². The molecular formula is C29H33BrF4N8O2. The minimum Gasteiger partial charge on any atom is -0.369 e. The number of hydrogen-bond donors (Lipinski definition) is 1. The highest BCUT2D eigenvalue weighted by atomic mass is 79.9. The van der Waals surface area contributed by atoms with Crippen molar-refractivity contribution in [3.63, 3.8) is 0 Å². The van der Waals surface area contributed by atoms with Gasteiger partial charge in [0.15, 0.2) is 23.3 Å². The van der Waals surface area contributed by atoms with Crippen molar-refractivity contribution < 1.29 is 17.6 Å². The van der Waals surface area contributed by atoms with Crippen LogP contribution in [0.3, 0.4) is 0 Å². The van der Waals surface area contributed by atoms with Gasteiger partial charge in [0.25, 0.3) is 0 Å². The lowest BCUT2D eigenvalue weighted by Crippen LogP contribution is -2.23. The molecule has 2 aromatic heterocycles. The molecule has 0 spiro atoms. The van der Waals surface area contributed by atoms with Crippen LogP contribution in [0, 0.1) is 23.3 Å². The zero-order chi connectivity index (χ0) is 31.9. The zero-order valence-electron chi connectivity index (χ0n) is 23.7. The second kappa shape index (κ2) is 18.8. The quantitative estimate of drug-likeness (QED) is 0.123. The summed E-state index contributed by atoms with van der Waals surface area (Å²) in [5.41, 5.74) is 0.527. The minimum absolute atomic E-state index is 0. The number of aliphatic imine (C=N–C) groups is 2. The van der Waals surface area contributed by atoms with Crippen molar-refractivity contribution in [3.05, 3.63) is 116 Å². The van der Waals surface area contributed by atoms with E-state index in [0.29, 0.717) is 5.56 Å². The number of hydrogen-bond acceptors (Lipinski definition) is 6. The van der Waals surface area contributed by atoms with E-state index in [4.69, 9.17) is 0 Å². The number of aromatic amines is 1. The summed E-state index contributed by atoms with van der Waals surface area (Å²) in [6.07, 6.45) is 4.62. The molecule has 1 N–H and O–H groups in total. The van der Waals surface area contributed by atoms with Crippen molar-refractivity contribution in [2.45, 2.75) is 19.3 Å². The van der Waals surface area contributed by atoms with Crippen LogP contribution in [0.1, 0.15) is 18.6 Å². The number of nitrogens with one attached hydrogen (secondary N) is 1. The van der Waals surface area contributed by atoms with Crippen LogP contribution < -0.4 is 11.4 Å². The van der Waals surface area contributed by atoms with E-state index in [1.807, 2.05) is 0 Å². The highest BCUT2D eigenvalue weighted by molar-refractivity contribution is 9.08. The summed E-state index contributed by atoms with van der Waals surface area (Å²) in [5, 5.41) is 0.785. The normalized spacial score (nSPS) is 10.4. The summed E-state index contributed by atoms with van der Waals surface area (Å²) in [5.74, 6) is -2.28. The van der Waals surface area contributed by atoms with Gasteiger partial charge in [-0.25, -0.2) is 37.1 Å². The number of nitrogens with zero attached hydrogens (tertiary/aromatic N) is 7. The van der Waals surface area contributed by atoms with E-state index < -0.39 is 23.0 Å². The van der Waals surface area contributed by atoms with Gasteiger partial charge in [0, 0.05) is 39.7 Å². The Labute approximate surface area is 260 Å². The Balaban J connectivity index is 0.000000359. The molecule has 0 aliphatic carbocycles. The van der Waals surface area contributed by atoms with Crippen LogP contribution in [0.15, 0.2) is 80.5 Å². The SMILES string of the molecule is C.CN(C)C=Nc1[nH]c(=O)ncc1F.CN(C)C=Nc1nc(=O)n(Cc2ccc(F)cc2)cc1F.Fc1ccc(CBr)cc1. The van der Waals surface area contributed by atoms with E-state index in [2.05, 4.69) is 40.9 Å². The number of benzene rings is 2. The van der Waals surface area contributed by atoms with E-state index in [-0.39, 0.29) is 37.2 Å². The number of alkyl halides is 1. The van der Waals surface area contributed by atoms with Crippen LogP contribution in [0.4, 0.5) is 29.2 Å². The molecule has 2 heterocycles. The summed E-state index contributed by atoms with van der Waals surface area (Å²) in [4.78, 5) is 42.1. The zero-order valence-corrected chi connectivity index (χ0v) is 25.3. The second-order valence-electron chi connectivity index (χ2n) is 9.01. The highest BCUT2D eigenvalue weighted by Gasteiger charge is 2.08. The van der Waals surface area contributed by atoms with E-state index >= 15 is 0 Å².